The molecule has 132 valence electrons. The largest absolute Gasteiger partial charge is 0.385 e. The van der Waals surface area contributed by atoms with Crippen molar-refractivity contribution in [3.05, 3.63) is 29.8 Å². The van der Waals surface area contributed by atoms with Crippen molar-refractivity contribution in [3.8, 4) is 0 Å². The Morgan fingerprint density at radius 2 is 1.75 bits per heavy atom. The highest BCUT2D eigenvalue weighted by Crippen LogP contribution is 2.40. The van der Waals surface area contributed by atoms with Gasteiger partial charge in [-0.2, -0.15) is 0 Å². The van der Waals surface area contributed by atoms with E-state index in [1.165, 1.54) is 76.0 Å². The van der Waals surface area contributed by atoms with Crippen molar-refractivity contribution in [1.82, 2.24) is 10.2 Å². The zero-order chi connectivity index (χ0) is 16.2. The number of likely N-dealkylation sites (tertiary alicyclic amines) is 1. The molecule has 3 nitrogen and oxygen atoms in total. The first kappa shape index (κ1) is 16.4. The van der Waals surface area contributed by atoms with E-state index < -0.39 is 0 Å². The fraction of sp³-hybridized carbons (Fsp3) is 0.714. The first-order valence-electron chi connectivity index (χ1n) is 10.1. The van der Waals surface area contributed by atoms with Crippen LogP contribution >= 0.6 is 0 Å². The van der Waals surface area contributed by atoms with Crippen LogP contribution in [0.3, 0.4) is 0 Å². The van der Waals surface area contributed by atoms with Crippen LogP contribution in [0, 0.1) is 17.8 Å². The molecule has 1 aromatic rings. The molecule has 0 aromatic heterocycles. The van der Waals surface area contributed by atoms with E-state index in [1.807, 2.05) is 0 Å². The van der Waals surface area contributed by atoms with Crippen LogP contribution in [0.2, 0.25) is 0 Å². The van der Waals surface area contributed by atoms with Crippen LogP contribution in [0.4, 0.5) is 5.69 Å². The van der Waals surface area contributed by atoms with E-state index in [4.69, 9.17) is 0 Å². The average Bonchev–Trinajstić information content (AvgIpc) is 2.87. The summed E-state index contributed by atoms with van der Waals surface area (Å²) in [7, 11) is 0. The Balaban J connectivity index is 1.29. The lowest BCUT2D eigenvalue weighted by molar-refractivity contribution is 0.221. The maximum absolute atomic E-state index is 3.73. The Labute approximate surface area is 147 Å². The second-order valence-corrected chi connectivity index (χ2v) is 8.17. The third-order valence-electron chi connectivity index (χ3n) is 6.57. The normalized spacial score (nSPS) is 30.9. The summed E-state index contributed by atoms with van der Waals surface area (Å²) >= 11 is 0. The predicted molar refractivity (Wildman–Crippen MR) is 101 cm³/mol. The molecule has 1 saturated carbocycles. The molecule has 1 aliphatic carbocycles. The number of anilines is 1. The van der Waals surface area contributed by atoms with Gasteiger partial charge in [0.15, 0.2) is 0 Å². The van der Waals surface area contributed by atoms with Gasteiger partial charge in [0.2, 0.25) is 0 Å². The molecule has 2 aliphatic heterocycles. The second kappa shape index (κ2) is 7.88. The molecule has 3 heteroatoms. The van der Waals surface area contributed by atoms with Crippen molar-refractivity contribution in [2.45, 2.75) is 45.1 Å². The summed E-state index contributed by atoms with van der Waals surface area (Å²) < 4.78 is 0. The van der Waals surface area contributed by atoms with Gasteiger partial charge in [-0.15, -0.1) is 0 Å². The van der Waals surface area contributed by atoms with Crippen molar-refractivity contribution in [2.24, 2.45) is 17.8 Å². The summed E-state index contributed by atoms with van der Waals surface area (Å²) in [4.78, 5) is 2.60. The number of nitrogens with zero attached hydrogens (tertiary/aromatic N) is 1. The Kier molecular flexibility index (Phi) is 5.39. The highest BCUT2D eigenvalue weighted by Gasteiger charge is 2.36. The molecule has 2 N–H and O–H groups in total. The first-order valence-corrected chi connectivity index (χ1v) is 10.1. The summed E-state index contributed by atoms with van der Waals surface area (Å²) in [6.07, 6.45) is 8.42. The summed E-state index contributed by atoms with van der Waals surface area (Å²) in [6, 6.07) is 9.21. The Morgan fingerprint density at radius 1 is 0.958 bits per heavy atom. The maximum Gasteiger partial charge on any atom is 0.0340 e. The number of rotatable bonds is 5. The van der Waals surface area contributed by atoms with Crippen LogP contribution in [0.15, 0.2) is 24.3 Å². The quantitative estimate of drug-likeness (QED) is 0.863. The van der Waals surface area contributed by atoms with E-state index in [1.54, 1.807) is 0 Å². The molecule has 24 heavy (non-hydrogen) atoms. The van der Waals surface area contributed by atoms with Gasteiger partial charge in [0, 0.05) is 18.8 Å². The van der Waals surface area contributed by atoms with Crippen molar-refractivity contribution in [1.29, 1.82) is 0 Å². The van der Waals surface area contributed by atoms with Gasteiger partial charge in [0.05, 0.1) is 0 Å². The highest BCUT2D eigenvalue weighted by atomic mass is 15.1. The monoisotopic (exact) mass is 327 g/mol. The van der Waals surface area contributed by atoms with Crippen molar-refractivity contribution >= 4 is 5.69 Å². The molecule has 1 aromatic carbocycles. The number of hydrogen-bond donors (Lipinski definition) is 2. The lowest BCUT2D eigenvalue weighted by atomic mass is 9.88. The van der Waals surface area contributed by atoms with E-state index in [2.05, 4.69) is 39.8 Å². The van der Waals surface area contributed by atoms with Gasteiger partial charge in [-0.3, -0.25) is 4.90 Å². The summed E-state index contributed by atoms with van der Waals surface area (Å²) in [5.41, 5.74) is 2.76. The van der Waals surface area contributed by atoms with Crippen LogP contribution in [0.25, 0.3) is 0 Å². The first-order chi connectivity index (χ1) is 11.9. The number of benzene rings is 1. The molecule has 0 amide bonds. The van der Waals surface area contributed by atoms with Gasteiger partial charge < -0.3 is 10.6 Å². The minimum atomic E-state index is 0.869. The van der Waals surface area contributed by atoms with E-state index in [-0.39, 0.29) is 0 Å². The van der Waals surface area contributed by atoms with Crippen molar-refractivity contribution < 1.29 is 0 Å². The van der Waals surface area contributed by atoms with Crippen molar-refractivity contribution in [3.63, 3.8) is 0 Å². The van der Waals surface area contributed by atoms with Crippen LogP contribution in [0.5, 0.6) is 0 Å². The third kappa shape index (κ3) is 3.94. The summed E-state index contributed by atoms with van der Waals surface area (Å²) in [5, 5.41) is 7.35. The number of piperidine rings is 1. The molecule has 2 bridgehead atoms. The smallest absolute Gasteiger partial charge is 0.0340 e. The van der Waals surface area contributed by atoms with Crippen molar-refractivity contribution in [2.75, 3.05) is 38.0 Å². The molecule has 3 fully saturated rings. The van der Waals surface area contributed by atoms with E-state index in [0.29, 0.717) is 0 Å². The molecule has 3 atom stereocenters. The Bertz CT molecular complexity index is 492. The van der Waals surface area contributed by atoms with Crippen LogP contribution in [0.1, 0.15) is 44.1 Å². The molecule has 2 heterocycles. The number of hydrogen-bond acceptors (Lipinski definition) is 3. The average molecular weight is 328 g/mol. The molecule has 4 rings (SSSR count). The SMILES string of the molecule is c1cc(NCC2C3CC[C@H]2CCNC3)ccc1CN1CCCCC1. The molecule has 3 aliphatic rings. The lowest BCUT2D eigenvalue weighted by Crippen LogP contribution is -2.29. The zero-order valence-corrected chi connectivity index (χ0v) is 15.0. The van der Waals surface area contributed by atoms with E-state index in [9.17, 15) is 0 Å². The minimum absolute atomic E-state index is 0.869. The summed E-state index contributed by atoms with van der Waals surface area (Å²) in [5.74, 6) is 2.70. The second-order valence-electron chi connectivity index (χ2n) is 8.17. The Morgan fingerprint density at radius 3 is 2.58 bits per heavy atom. The number of fused-ring (bicyclic) bond motifs is 2. The third-order valence-corrected chi connectivity index (χ3v) is 6.57. The van der Waals surface area contributed by atoms with Gasteiger partial charge in [-0.25, -0.2) is 0 Å². The fourth-order valence-corrected chi connectivity index (χ4v) is 5.10. The van der Waals surface area contributed by atoms with Crippen LogP contribution < -0.4 is 10.6 Å². The predicted octanol–water partition coefficient (Wildman–Crippen LogP) is 3.72. The molecule has 0 radical (unpaired) electrons. The molecule has 0 spiro atoms. The minimum Gasteiger partial charge on any atom is -0.385 e. The molecular weight excluding hydrogens is 294 g/mol. The molecule has 2 unspecified atom stereocenters. The zero-order valence-electron chi connectivity index (χ0n) is 15.0. The van der Waals surface area contributed by atoms with E-state index in [0.717, 1.165) is 30.8 Å². The van der Waals surface area contributed by atoms with Crippen LogP contribution in [-0.4, -0.2) is 37.6 Å². The van der Waals surface area contributed by atoms with Gasteiger partial charge in [-0.1, -0.05) is 18.6 Å². The topological polar surface area (TPSA) is 27.3 Å². The standard InChI is InChI=1S/C21H33N3/c1-2-12-24(13-3-1)16-17-4-8-20(9-5-17)23-15-21-18-6-7-19(21)14-22-11-10-18/h4-5,8-9,18-19,21-23H,1-3,6-7,10-16H2/t18-,19?,21?/m0/s1. The molecular formula is C21H33N3. The Hall–Kier alpha value is -1.06. The number of nitrogens with one attached hydrogen (secondary N) is 2. The van der Waals surface area contributed by atoms with Gasteiger partial charge in [0.25, 0.3) is 0 Å². The lowest BCUT2D eigenvalue weighted by Gasteiger charge is -2.26. The summed E-state index contributed by atoms with van der Waals surface area (Å²) in [6.45, 7) is 7.29. The van der Waals surface area contributed by atoms with Crippen LogP contribution in [-0.2, 0) is 6.54 Å². The molecule has 2 saturated heterocycles. The fourth-order valence-electron chi connectivity index (χ4n) is 5.10. The van der Waals surface area contributed by atoms with Gasteiger partial charge >= 0.3 is 0 Å². The van der Waals surface area contributed by atoms with Gasteiger partial charge in [0.1, 0.15) is 0 Å². The van der Waals surface area contributed by atoms with E-state index >= 15 is 0 Å². The highest BCUT2D eigenvalue weighted by molar-refractivity contribution is 5.44. The maximum atomic E-state index is 3.73. The van der Waals surface area contributed by atoms with Gasteiger partial charge in [-0.05, 0) is 93.7 Å².